The first-order chi connectivity index (χ1) is 7.36. The summed E-state index contributed by atoms with van der Waals surface area (Å²) >= 11 is 0. The van der Waals surface area contributed by atoms with Crippen LogP contribution >= 0.6 is 0 Å². The first-order valence-corrected chi connectivity index (χ1v) is 6.57. The van der Waals surface area contributed by atoms with Crippen molar-refractivity contribution in [2.24, 2.45) is 5.92 Å². The zero-order valence-corrected chi connectivity index (χ0v) is 12.5. The molecule has 2 aliphatic carbocycles. The van der Waals surface area contributed by atoms with E-state index in [-0.39, 0.29) is 44.2 Å². The summed E-state index contributed by atoms with van der Waals surface area (Å²) in [7, 11) is 0. The molecule has 2 aliphatic rings. The van der Waals surface area contributed by atoms with Gasteiger partial charge in [-0.2, -0.15) is 0 Å². The van der Waals surface area contributed by atoms with Crippen molar-refractivity contribution in [3.05, 3.63) is 0 Å². The van der Waals surface area contributed by atoms with Crippen molar-refractivity contribution in [3.8, 4) is 0 Å². The van der Waals surface area contributed by atoms with E-state index < -0.39 is 0 Å². The number of ether oxygens (including phenoxy) is 1. The van der Waals surface area contributed by atoms with E-state index in [4.69, 9.17) is 4.74 Å². The standard InChI is InChI=1S/C13H22O2.Zr/c14-13(11-7-3-1-4-8-11)15-12-9-5-2-6-10-12;/h11-12H,1-10H2;. The van der Waals surface area contributed by atoms with Gasteiger partial charge >= 0.3 is 5.97 Å². The number of hydrogen-bond acceptors (Lipinski definition) is 2. The molecular weight excluding hydrogens is 279 g/mol. The molecule has 0 aromatic heterocycles. The summed E-state index contributed by atoms with van der Waals surface area (Å²) in [6.07, 6.45) is 12.1. The fourth-order valence-electron chi connectivity index (χ4n) is 2.78. The molecule has 0 aliphatic heterocycles. The molecule has 2 fully saturated rings. The summed E-state index contributed by atoms with van der Waals surface area (Å²) < 4.78 is 5.59. The van der Waals surface area contributed by atoms with E-state index >= 15 is 0 Å². The van der Waals surface area contributed by atoms with E-state index in [2.05, 4.69) is 0 Å². The molecule has 90 valence electrons. The number of carbonyl (C=O) groups excluding carboxylic acids is 1. The molecule has 2 rings (SSSR count). The van der Waals surface area contributed by atoms with Crippen LogP contribution in [0.15, 0.2) is 0 Å². The normalized spacial score (nSPS) is 23.5. The molecular formula is C13H22O2Zr. The molecule has 0 amide bonds. The minimum absolute atomic E-state index is 0. The van der Waals surface area contributed by atoms with Gasteiger partial charge in [0.05, 0.1) is 5.92 Å². The van der Waals surface area contributed by atoms with Crippen molar-refractivity contribution in [2.75, 3.05) is 0 Å². The monoisotopic (exact) mass is 300 g/mol. The van der Waals surface area contributed by atoms with E-state index in [9.17, 15) is 4.79 Å². The summed E-state index contributed by atoms with van der Waals surface area (Å²) in [5, 5.41) is 0. The van der Waals surface area contributed by atoms with Crippen molar-refractivity contribution >= 4 is 5.97 Å². The van der Waals surface area contributed by atoms with E-state index in [1.807, 2.05) is 0 Å². The molecule has 0 spiro atoms. The molecule has 0 saturated heterocycles. The summed E-state index contributed by atoms with van der Waals surface area (Å²) in [6, 6.07) is 0. The van der Waals surface area contributed by atoms with E-state index in [0.29, 0.717) is 0 Å². The number of carbonyl (C=O) groups is 1. The van der Waals surface area contributed by atoms with Gasteiger partial charge in [-0.25, -0.2) is 0 Å². The zero-order chi connectivity index (χ0) is 10.5. The Labute approximate surface area is 118 Å². The van der Waals surface area contributed by atoms with Crippen LogP contribution in [0.2, 0.25) is 0 Å². The molecule has 0 radical (unpaired) electrons. The smallest absolute Gasteiger partial charge is 0.309 e. The molecule has 2 nitrogen and oxygen atoms in total. The maximum Gasteiger partial charge on any atom is 0.309 e. The fourth-order valence-corrected chi connectivity index (χ4v) is 2.78. The summed E-state index contributed by atoms with van der Waals surface area (Å²) in [5.41, 5.74) is 0. The van der Waals surface area contributed by atoms with Gasteiger partial charge in [0.2, 0.25) is 0 Å². The molecule has 0 unspecified atom stereocenters. The second kappa shape index (κ2) is 7.64. The second-order valence-corrected chi connectivity index (χ2v) is 5.03. The van der Waals surface area contributed by atoms with Gasteiger partial charge in [-0.1, -0.05) is 25.7 Å². The van der Waals surface area contributed by atoms with Crippen molar-refractivity contribution in [1.29, 1.82) is 0 Å². The third kappa shape index (κ3) is 4.32. The number of hydrogen-bond donors (Lipinski definition) is 0. The van der Waals surface area contributed by atoms with Gasteiger partial charge in [-0.3, -0.25) is 4.79 Å². The van der Waals surface area contributed by atoms with Crippen LogP contribution in [0.5, 0.6) is 0 Å². The Bertz CT molecular complexity index is 206. The van der Waals surface area contributed by atoms with Crippen molar-refractivity contribution < 1.29 is 35.7 Å². The molecule has 0 aromatic rings. The summed E-state index contributed by atoms with van der Waals surface area (Å²) in [5.74, 6) is 0.322. The largest absolute Gasteiger partial charge is 0.462 e. The summed E-state index contributed by atoms with van der Waals surface area (Å²) in [6.45, 7) is 0. The number of esters is 1. The van der Waals surface area contributed by atoms with Gasteiger partial charge in [0, 0.05) is 26.2 Å². The third-order valence-corrected chi connectivity index (χ3v) is 3.77. The Balaban J connectivity index is 0.00000128. The van der Waals surface area contributed by atoms with Gasteiger partial charge in [-0.05, 0) is 38.5 Å². The van der Waals surface area contributed by atoms with Crippen LogP contribution in [-0.4, -0.2) is 12.1 Å². The van der Waals surface area contributed by atoms with Gasteiger partial charge in [0.25, 0.3) is 0 Å². The molecule has 0 N–H and O–H groups in total. The Morgan fingerprint density at radius 2 is 1.31 bits per heavy atom. The van der Waals surface area contributed by atoms with Crippen molar-refractivity contribution in [3.63, 3.8) is 0 Å². The summed E-state index contributed by atoms with van der Waals surface area (Å²) in [4.78, 5) is 11.8. The van der Waals surface area contributed by atoms with E-state index in [0.717, 1.165) is 25.7 Å². The minimum Gasteiger partial charge on any atom is -0.462 e. The predicted molar refractivity (Wildman–Crippen MR) is 59.5 cm³/mol. The van der Waals surface area contributed by atoms with E-state index in [1.165, 1.54) is 38.5 Å². The molecule has 0 atom stereocenters. The fraction of sp³-hybridized carbons (Fsp3) is 0.923. The first-order valence-electron chi connectivity index (χ1n) is 6.57. The SMILES string of the molecule is O=C(OC1CCCCC1)C1CCCCC1.[Zr]. The average Bonchev–Trinajstić information content (AvgIpc) is 2.31. The van der Waals surface area contributed by atoms with Gasteiger partial charge in [-0.15, -0.1) is 0 Å². The second-order valence-electron chi connectivity index (χ2n) is 5.03. The Kier molecular flexibility index (Phi) is 6.88. The topological polar surface area (TPSA) is 26.3 Å². The molecule has 0 bridgehead atoms. The molecule has 0 heterocycles. The quantitative estimate of drug-likeness (QED) is 0.730. The van der Waals surface area contributed by atoms with Crippen LogP contribution in [0, 0.1) is 5.92 Å². The van der Waals surface area contributed by atoms with Crippen LogP contribution in [0.1, 0.15) is 64.2 Å². The maximum absolute atomic E-state index is 11.8. The molecule has 16 heavy (non-hydrogen) atoms. The van der Waals surface area contributed by atoms with Gasteiger partial charge < -0.3 is 4.74 Å². The Morgan fingerprint density at radius 1 is 0.812 bits per heavy atom. The minimum atomic E-state index is 0. The predicted octanol–water partition coefficient (Wildman–Crippen LogP) is 3.44. The average molecular weight is 302 g/mol. The molecule has 3 heteroatoms. The zero-order valence-electron chi connectivity index (χ0n) is 10.0. The van der Waals surface area contributed by atoms with E-state index in [1.54, 1.807) is 0 Å². The van der Waals surface area contributed by atoms with Crippen LogP contribution in [0.3, 0.4) is 0 Å². The number of rotatable bonds is 2. The van der Waals surface area contributed by atoms with Crippen LogP contribution in [0.25, 0.3) is 0 Å². The third-order valence-electron chi connectivity index (χ3n) is 3.77. The first kappa shape index (κ1) is 14.4. The van der Waals surface area contributed by atoms with Gasteiger partial charge in [0.15, 0.2) is 0 Å². The molecule has 2 saturated carbocycles. The Hall–Kier alpha value is 0.353. The Morgan fingerprint density at radius 3 is 1.88 bits per heavy atom. The molecule has 0 aromatic carbocycles. The van der Waals surface area contributed by atoms with Crippen LogP contribution in [-0.2, 0) is 35.7 Å². The maximum atomic E-state index is 11.8. The van der Waals surface area contributed by atoms with Crippen molar-refractivity contribution in [2.45, 2.75) is 70.3 Å². The van der Waals surface area contributed by atoms with Crippen molar-refractivity contribution in [1.82, 2.24) is 0 Å². The van der Waals surface area contributed by atoms with Crippen LogP contribution in [0.4, 0.5) is 0 Å². The van der Waals surface area contributed by atoms with Gasteiger partial charge in [0.1, 0.15) is 6.10 Å². The van der Waals surface area contributed by atoms with Crippen LogP contribution < -0.4 is 0 Å².